The Balaban J connectivity index is 1.11. The van der Waals surface area contributed by atoms with E-state index in [0.29, 0.717) is 38.0 Å². The average Bonchev–Trinajstić information content (AvgIpc) is 2.96. The molecule has 2 unspecified atom stereocenters. The van der Waals surface area contributed by atoms with Gasteiger partial charge in [-0.25, -0.2) is 0 Å². The normalized spacial score (nSPS) is 17.6. The van der Waals surface area contributed by atoms with E-state index in [4.69, 9.17) is 14.2 Å². The van der Waals surface area contributed by atoms with Gasteiger partial charge in [-0.15, -0.1) is 0 Å². The zero-order valence-electron chi connectivity index (χ0n) is 21.0. The van der Waals surface area contributed by atoms with Crippen LogP contribution in [0, 0.1) is 0 Å². The van der Waals surface area contributed by atoms with Crippen LogP contribution in [0.4, 0.5) is 0 Å². The first-order chi connectivity index (χ1) is 18.3. The number of hydrogen-bond acceptors (Lipinski definition) is 6. The number of fused-ring (bicyclic) bond motifs is 1. The summed E-state index contributed by atoms with van der Waals surface area (Å²) in [4.78, 5) is 4.16. The van der Waals surface area contributed by atoms with Crippen LogP contribution in [0.2, 0.25) is 0 Å². The molecule has 3 aromatic carbocycles. The van der Waals surface area contributed by atoms with Crippen molar-refractivity contribution in [2.45, 2.75) is 38.3 Å². The number of rotatable bonds is 11. The predicted molar refractivity (Wildman–Crippen MR) is 145 cm³/mol. The van der Waals surface area contributed by atoms with Crippen molar-refractivity contribution >= 4 is 10.8 Å². The standard InChI is InChI=1S/C31H34N2O4/c34-20-30-27(6-3-14-33-30)22-35-16-17-36-28-11-9-25(10-12-28)29-13-15-32-19-31(29)37-21-23-7-8-24-4-1-2-5-26(24)18-23/h1-12,14,18,29,31-32,34H,13,15-17,19-22H2. The monoisotopic (exact) mass is 498 g/mol. The number of aromatic nitrogens is 1. The third-order valence-corrected chi connectivity index (χ3v) is 6.90. The lowest BCUT2D eigenvalue weighted by molar-refractivity contribution is 0.0106. The molecule has 1 aliphatic rings. The molecule has 192 valence electrons. The Hall–Kier alpha value is -3.29. The second kappa shape index (κ2) is 12.8. The molecule has 0 amide bonds. The van der Waals surface area contributed by atoms with Gasteiger partial charge in [-0.3, -0.25) is 4.98 Å². The fraction of sp³-hybridized carbons (Fsp3) is 0.323. The molecule has 0 saturated carbocycles. The summed E-state index contributed by atoms with van der Waals surface area (Å²) in [5, 5.41) is 15.4. The van der Waals surface area contributed by atoms with Crippen molar-refractivity contribution in [2.75, 3.05) is 26.3 Å². The van der Waals surface area contributed by atoms with Crippen LogP contribution in [0.3, 0.4) is 0 Å². The van der Waals surface area contributed by atoms with Gasteiger partial charge in [0.2, 0.25) is 0 Å². The van der Waals surface area contributed by atoms with Gasteiger partial charge >= 0.3 is 0 Å². The van der Waals surface area contributed by atoms with Gasteiger partial charge in [-0.1, -0.05) is 54.6 Å². The summed E-state index contributed by atoms with van der Waals surface area (Å²) in [5.74, 6) is 1.17. The molecule has 0 radical (unpaired) electrons. The minimum Gasteiger partial charge on any atom is -0.491 e. The molecule has 2 atom stereocenters. The van der Waals surface area contributed by atoms with Gasteiger partial charge in [0.1, 0.15) is 12.4 Å². The number of ether oxygens (including phenoxy) is 3. The topological polar surface area (TPSA) is 72.8 Å². The number of aliphatic hydroxyl groups is 1. The maximum Gasteiger partial charge on any atom is 0.119 e. The van der Waals surface area contributed by atoms with Crippen LogP contribution in [0.25, 0.3) is 10.8 Å². The number of nitrogens with one attached hydrogen (secondary N) is 1. The molecular weight excluding hydrogens is 464 g/mol. The van der Waals surface area contributed by atoms with E-state index >= 15 is 0 Å². The maximum absolute atomic E-state index is 9.37. The second-order valence-electron chi connectivity index (χ2n) is 9.37. The molecule has 4 aromatic rings. The lowest BCUT2D eigenvalue weighted by Gasteiger charge is -2.32. The van der Waals surface area contributed by atoms with Crippen molar-refractivity contribution < 1.29 is 19.3 Å². The zero-order valence-corrected chi connectivity index (χ0v) is 21.0. The van der Waals surface area contributed by atoms with E-state index < -0.39 is 0 Å². The summed E-state index contributed by atoms with van der Waals surface area (Å²) in [5.41, 5.74) is 4.03. The Bertz CT molecular complexity index is 1280. The van der Waals surface area contributed by atoms with Gasteiger partial charge in [-0.2, -0.15) is 0 Å². The molecule has 0 spiro atoms. The van der Waals surface area contributed by atoms with E-state index in [-0.39, 0.29) is 12.7 Å². The number of aliphatic hydroxyl groups excluding tert-OH is 1. The van der Waals surface area contributed by atoms with Crippen molar-refractivity contribution in [1.29, 1.82) is 0 Å². The molecule has 0 aliphatic carbocycles. The Kier molecular flexibility index (Phi) is 8.77. The predicted octanol–water partition coefficient (Wildman–Crippen LogP) is 4.99. The molecule has 1 aliphatic heterocycles. The van der Waals surface area contributed by atoms with Crippen LogP contribution in [-0.4, -0.2) is 42.5 Å². The number of hydrogen-bond donors (Lipinski definition) is 2. The summed E-state index contributed by atoms with van der Waals surface area (Å²) in [6, 6.07) is 27.1. The Morgan fingerprint density at radius 2 is 1.76 bits per heavy atom. The highest BCUT2D eigenvalue weighted by Gasteiger charge is 2.27. The van der Waals surface area contributed by atoms with E-state index in [1.54, 1.807) is 6.20 Å². The molecule has 2 N–H and O–H groups in total. The summed E-state index contributed by atoms with van der Waals surface area (Å²) in [6.45, 7) is 3.68. The van der Waals surface area contributed by atoms with Crippen LogP contribution in [-0.2, 0) is 29.3 Å². The quantitative estimate of drug-likeness (QED) is 0.284. The molecule has 6 nitrogen and oxygen atoms in total. The van der Waals surface area contributed by atoms with Crippen LogP contribution in [0.15, 0.2) is 85.1 Å². The molecule has 0 bridgehead atoms. The average molecular weight is 499 g/mol. The molecule has 1 fully saturated rings. The summed E-state index contributed by atoms with van der Waals surface area (Å²) >= 11 is 0. The van der Waals surface area contributed by atoms with E-state index in [1.165, 1.54) is 21.9 Å². The first kappa shape index (κ1) is 25.4. The SMILES string of the molecule is OCc1ncccc1COCCOc1ccc(C2CCNCC2OCc2ccc3ccccc3c2)cc1. The van der Waals surface area contributed by atoms with Crippen molar-refractivity contribution in [3.05, 3.63) is 107 Å². The first-order valence-electron chi connectivity index (χ1n) is 12.9. The lowest BCUT2D eigenvalue weighted by Crippen LogP contribution is -2.40. The summed E-state index contributed by atoms with van der Waals surface area (Å²) < 4.78 is 18.0. The highest BCUT2D eigenvalue weighted by atomic mass is 16.5. The van der Waals surface area contributed by atoms with Gasteiger partial charge in [0.25, 0.3) is 0 Å². The molecule has 6 heteroatoms. The third-order valence-electron chi connectivity index (χ3n) is 6.90. The van der Waals surface area contributed by atoms with Crippen LogP contribution < -0.4 is 10.1 Å². The highest BCUT2D eigenvalue weighted by molar-refractivity contribution is 5.82. The second-order valence-corrected chi connectivity index (χ2v) is 9.37. The fourth-order valence-corrected chi connectivity index (χ4v) is 4.88. The molecule has 2 heterocycles. The molecule has 1 aromatic heterocycles. The summed E-state index contributed by atoms with van der Waals surface area (Å²) in [6.07, 6.45) is 2.84. The molecule has 37 heavy (non-hydrogen) atoms. The van der Waals surface area contributed by atoms with Gasteiger partial charge in [0, 0.05) is 24.2 Å². The maximum atomic E-state index is 9.37. The van der Waals surface area contributed by atoms with Crippen molar-refractivity contribution in [3.63, 3.8) is 0 Å². The fourth-order valence-electron chi connectivity index (χ4n) is 4.88. The van der Waals surface area contributed by atoms with Crippen molar-refractivity contribution in [1.82, 2.24) is 10.3 Å². The highest BCUT2D eigenvalue weighted by Crippen LogP contribution is 2.30. The first-order valence-corrected chi connectivity index (χ1v) is 12.9. The largest absolute Gasteiger partial charge is 0.491 e. The number of pyridine rings is 1. The van der Waals surface area contributed by atoms with Crippen molar-refractivity contribution in [2.24, 2.45) is 0 Å². The number of nitrogens with zero attached hydrogens (tertiary/aromatic N) is 1. The Labute approximate surface area is 218 Å². The molecular formula is C31H34N2O4. The van der Waals surface area contributed by atoms with Crippen LogP contribution in [0.5, 0.6) is 5.75 Å². The van der Waals surface area contributed by atoms with Crippen LogP contribution >= 0.6 is 0 Å². The number of piperidine rings is 1. The minimum atomic E-state index is -0.0885. The zero-order chi connectivity index (χ0) is 25.3. The smallest absolute Gasteiger partial charge is 0.119 e. The lowest BCUT2D eigenvalue weighted by atomic mass is 9.87. The van der Waals surface area contributed by atoms with Gasteiger partial charge in [-0.05, 0) is 59.1 Å². The van der Waals surface area contributed by atoms with E-state index in [9.17, 15) is 5.11 Å². The molecule has 5 rings (SSSR count). The Morgan fingerprint density at radius 3 is 2.62 bits per heavy atom. The van der Waals surface area contributed by atoms with E-state index in [0.717, 1.165) is 30.8 Å². The van der Waals surface area contributed by atoms with Crippen LogP contribution in [0.1, 0.15) is 34.7 Å². The van der Waals surface area contributed by atoms with E-state index in [1.807, 2.05) is 24.3 Å². The third kappa shape index (κ3) is 6.73. The molecule has 1 saturated heterocycles. The van der Waals surface area contributed by atoms with Gasteiger partial charge in [0.15, 0.2) is 0 Å². The van der Waals surface area contributed by atoms with Gasteiger partial charge < -0.3 is 24.6 Å². The summed E-state index contributed by atoms with van der Waals surface area (Å²) in [7, 11) is 0. The van der Waals surface area contributed by atoms with Crippen molar-refractivity contribution in [3.8, 4) is 5.75 Å². The number of benzene rings is 3. The Morgan fingerprint density at radius 1 is 0.892 bits per heavy atom. The van der Waals surface area contributed by atoms with Gasteiger partial charge in [0.05, 0.1) is 38.2 Å². The van der Waals surface area contributed by atoms with E-state index in [2.05, 4.69) is 64.9 Å². The minimum absolute atomic E-state index is 0.0885.